The van der Waals surface area contributed by atoms with Crippen LogP contribution in [-0.4, -0.2) is 20.5 Å². The highest BCUT2D eigenvalue weighted by Crippen LogP contribution is 2.17. The van der Waals surface area contributed by atoms with Crippen LogP contribution in [0.25, 0.3) is 0 Å². The van der Waals surface area contributed by atoms with Crippen molar-refractivity contribution in [2.75, 3.05) is 0 Å². The topological polar surface area (TPSA) is 71.4 Å². The lowest BCUT2D eigenvalue weighted by Crippen LogP contribution is -1.95. The smallest absolute Gasteiger partial charge is 0.335 e. The molecule has 2 rings (SSSR count). The number of carboxylic acid groups (broad SMARTS) is 1. The van der Waals surface area contributed by atoms with Crippen LogP contribution in [-0.2, 0) is 9.23 Å². The van der Waals surface area contributed by atoms with Crippen molar-refractivity contribution in [2.45, 2.75) is 0 Å². The molecule has 1 N–H and O–H groups in total. The van der Waals surface area contributed by atoms with Crippen LogP contribution in [0, 0.1) is 11.6 Å². The predicted molar refractivity (Wildman–Crippen MR) is 99.8 cm³/mol. The molecule has 12 heteroatoms. The Morgan fingerprint density at radius 2 is 1.23 bits per heavy atom. The molecule has 0 spiro atoms. The van der Waals surface area contributed by atoms with E-state index in [0.29, 0.717) is 0 Å². The summed E-state index contributed by atoms with van der Waals surface area (Å²) in [5.41, 5.74) is 0.175. The lowest BCUT2D eigenvalue weighted by Gasteiger charge is -1.95. The lowest BCUT2D eigenvalue weighted by molar-refractivity contribution is 0.0696. The van der Waals surface area contributed by atoms with E-state index >= 15 is 0 Å². The Kier molecular flexibility index (Phi) is 12.0. The molecule has 2 aromatic carbocycles. The van der Waals surface area contributed by atoms with Gasteiger partial charge in [-0.3, -0.25) is 4.79 Å². The number of carboxylic acids is 1. The van der Waals surface area contributed by atoms with Gasteiger partial charge in [0, 0.05) is 26.9 Å². The molecular weight excluding hydrogens is 479 g/mol. The molecule has 0 bridgehead atoms. The molecule has 0 amide bonds. The summed E-state index contributed by atoms with van der Waals surface area (Å²) in [7, 11) is 7.36. The third-order valence-electron chi connectivity index (χ3n) is 2.31. The summed E-state index contributed by atoms with van der Waals surface area (Å²) in [5, 5.41) is 7.50. The number of rotatable bonds is 2. The highest BCUT2D eigenvalue weighted by atomic mass is 36.0. The molecule has 4 nitrogen and oxygen atoms in total. The highest BCUT2D eigenvalue weighted by Gasteiger charge is 2.06. The highest BCUT2D eigenvalue weighted by molar-refractivity contribution is 8.26. The molecule has 0 radical (unpaired) electrons. The SMILES string of the molecule is O=C(Cl)c1ccc(F)c(Cl)c1.O=C(O)c1ccc(F)c(Cl)c1.O=S(Cl)Cl. The van der Waals surface area contributed by atoms with Gasteiger partial charge >= 0.3 is 5.97 Å². The summed E-state index contributed by atoms with van der Waals surface area (Å²) in [6.07, 6.45) is 0. The van der Waals surface area contributed by atoms with Gasteiger partial charge in [0.15, 0.2) is 0 Å². The number of benzene rings is 2. The summed E-state index contributed by atoms with van der Waals surface area (Å²) < 4.78 is 34.0. The van der Waals surface area contributed by atoms with Crippen LogP contribution in [0.5, 0.6) is 0 Å². The molecule has 0 unspecified atom stereocenters. The number of carbonyl (C=O) groups is 2. The van der Waals surface area contributed by atoms with Gasteiger partial charge in [0.2, 0.25) is 9.23 Å². The first-order chi connectivity index (χ1) is 12.0. The molecule has 2 aromatic rings. The van der Waals surface area contributed by atoms with Gasteiger partial charge in [-0.15, -0.1) is 0 Å². The molecule has 0 aliphatic rings. The fourth-order valence-corrected chi connectivity index (χ4v) is 1.73. The Labute approximate surface area is 173 Å². The second-order valence-corrected chi connectivity index (χ2v) is 7.70. The van der Waals surface area contributed by atoms with E-state index in [2.05, 4.69) is 21.4 Å². The Morgan fingerprint density at radius 3 is 1.54 bits per heavy atom. The van der Waals surface area contributed by atoms with Crippen LogP contribution in [0.4, 0.5) is 8.78 Å². The maximum atomic E-state index is 12.5. The standard InChI is InChI=1S/C7H3Cl2FO.C7H4ClFO2.Cl2OS/c8-5-3-4(7(9)11)1-2-6(5)10;8-5-3-4(7(10)11)1-2-6(5)9;1-4(2)3/h1-3H;1-3H,(H,10,11);. The fraction of sp³-hybridized carbons (Fsp3) is 0. The van der Waals surface area contributed by atoms with Gasteiger partial charge in [-0.2, -0.15) is 0 Å². The molecule has 0 saturated carbocycles. The maximum Gasteiger partial charge on any atom is 0.335 e. The number of hydrogen-bond donors (Lipinski definition) is 1. The zero-order chi connectivity index (χ0) is 20.4. The first-order valence-corrected chi connectivity index (χ1v) is 9.96. The van der Waals surface area contributed by atoms with Gasteiger partial charge in [-0.05, 0) is 48.0 Å². The molecule has 0 aromatic heterocycles. The second kappa shape index (κ2) is 12.4. The lowest BCUT2D eigenvalue weighted by atomic mass is 10.2. The quantitative estimate of drug-likeness (QED) is 0.523. The van der Waals surface area contributed by atoms with Crippen LogP contribution >= 0.6 is 56.2 Å². The molecular formula is C14H7Cl5F2O4S. The van der Waals surface area contributed by atoms with Gasteiger partial charge in [0.05, 0.1) is 15.6 Å². The van der Waals surface area contributed by atoms with Crippen molar-refractivity contribution in [1.29, 1.82) is 0 Å². The number of aromatic carboxylic acids is 1. The largest absolute Gasteiger partial charge is 0.478 e. The number of carbonyl (C=O) groups excluding carboxylic acids is 1. The van der Waals surface area contributed by atoms with Crippen molar-refractivity contribution in [3.05, 3.63) is 69.2 Å². The monoisotopic (exact) mass is 484 g/mol. The first kappa shape index (κ1) is 25.0. The van der Waals surface area contributed by atoms with Gasteiger partial charge in [-0.25, -0.2) is 17.8 Å². The summed E-state index contributed by atoms with van der Waals surface area (Å²) in [5.74, 6) is -2.29. The molecule has 0 fully saturated rings. The van der Waals surface area contributed by atoms with Crippen molar-refractivity contribution in [3.63, 3.8) is 0 Å². The Morgan fingerprint density at radius 1 is 0.885 bits per heavy atom. The molecule has 0 heterocycles. The van der Waals surface area contributed by atoms with E-state index in [1.54, 1.807) is 0 Å². The maximum absolute atomic E-state index is 12.5. The van der Waals surface area contributed by atoms with Crippen LogP contribution in [0.1, 0.15) is 20.7 Å². The van der Waals surface area contributed by atoms with Crippen LogP contribution < -0.4 is 0 Å². The van der Waals surface area contributed by atoms with Gasteiger partial charge in [0.25, 0.3) is 5.24 Å². The molecule has 26 heavy (non-hydrogen) atoms. The van der Waals surface area contributed by atoms with E-state index in [4.69, 9.17) is 44.1 Å². The average molecular weight is 487 g/mol. The number of hydrogen-bond acceptors (Lipinski definition) is 3. The van der Waals surface area contributed by atoms with E-state index in [1.165, 1.54) is 12.1 Å². The third-order valence-corrected chi connectivity index (χ3v) is 3.11. The van der Waals surface area contributed by atoms with Crippen molar-refractivity contribution < 1.29 is 27.7 Å². The zero-order valence-electron chi connectivity index (χ0n) is 12.2. The summed E-state index contributed by atoms with van der Waals surface area (Å²) in [6, 6.07) is 6.80. The molecule has 0 atom stereocenters. The van der Waals surface area contributed by atoms with E-state index in [-0.39, 0.29) is 21.2 Å². The Bertz CT molecular complexity index is 754. The first-order valence-electron chi connectivity index (χ1n) is 6.03. The van der Waals surface area contributed by atoms with Crippen LogP contribution in [0.3, 0.4) is 0 Å². The minimum atomic E-state index is -1.67. The normalized spacial score (nSPS) is 9.54. The predicted octanol–water partition coefficient (Wildman–Crippen LogP) is 6.08. The van der Waals surface area contributed by atoms with Crippen LogP contribution in [0.2, 0.25) is 10.0 Å². The zero-order valence-corrected chi connectivity index (χ0v) is 16.8. The molecule has 0 aliphatic carbocycles. The summed E-state index contributed by atoms with van der Waals surface area (Å²) in [6.45, 7) is 0. The molecule has 0 saturated heterocycles. The number of halogens is 7. The van der Waals surface area contributed by atoms with Gasteiger partial charge in [-0.1, -0.05) is 23.2 Å². The van der Waals surface area contributed by atoms with Crippen LogP contribution in [0.15, 0.2) is 36.4 Å². The van der Waals surface area contributed by atoms with Gasteiger partial charge < -0.3 is 5.11 Å². The summed E-state index contributed by atoms with van der Waals surface area (Å²) in [4.78, 5) is 20.8. The molecule has 0 aliphatic heterocycles. The van der Waals surface area contributed by atoms with Gasteiger partial charge in [0.1, 0.15) is 11.6 Å². The van der Waals surface area contributed by atoms with Crippen molar-refractivity contribution >= 4 is 76.6 Å². The van der Waals surface area contributed by atoms with E-state index in [1.807, 2.05) is 0 Å². The average Bonchev–Trinajstić information content (AvgIpc) is 2.52. The third kappa shape index (κ3) is 10.3. The minimum absolute atomic E-state index is 0.0172. The Hall–Kier alpha value is -0.960. The van der Waals surface area contributed by atoms with Crippen molar-refractivity contribution in [3.8, 4) is 0 Å². The van der Waals surface area contributed by atoms with E-state index in [0.717, 1.165) is 24.3 Å². The van der Waals surface area contributed by atoms with E-state index < -0.39 is 32.1 Å². The summed E-state index contributed by atoms with van der Waals surface area (Å²) >= 11 is 15.8. The van der Waals surface area contributed by atoms with Crippen molar-refractivity contribution in [1.82, 2.24) is 0 Å². The Balaban J connectivity index is 0.000000401. The molecule has 142 valence electrons. The minimum Gasteiger partial charge on any atom is -0.478 e. The second-order valence-electron chi connectivity index (χ2n) is 4.02. The van der Waals surface area contributed by atoms with E-state index in [9.17, 15) is 18.4 Å². The van der Waals surface area contributed by atoms with Crippen molar-refractivity contribution in [2.24, 2.45) is 0 Å². The fourth-order valence-electron chi connectivity index (χ4n) is 1.25.